The molecule has 88 valence electrons. The third-order valence-corrected chi connectivity index (χ3v) is 2.52. The van der Waals surface area contributed by atoms with Crippen molar-refractivity contribution in [2.24, 2.45) is 0 Å². The van der Waals surface area contributed by atoms with E-state index < -0.39 is 0 Å². The molecule has 4 nitrogen and oxygen atoms in total. The maximum Gasteiger partial charge on any atom is 0.236 e. The SMILES string of the molecule is CC(C)(C)NCC(=O)N1CCCC(O)C1. The number of aliphatic hydroxyl groups excluding tert-OH is 1. The molecule has 1 heterocycles. The van der Waals surface area contributed by atoms with Gasteiger partial charge in [0.2, 0.25) is 5.91 Å². The van der Waals surface area contributed by atoms with E-state index in [1.54, 1.807) is 4.90 Å². The Morgan fingerprint density at radius 1 is 1.53 bits per heavy atom. The van der Waals surface area contributed by atoms with Gasteiger partial charge in [-0.25, -0.2) is 0 Å². The molecule has 4 heteroatoms. The van der Waals surface area contributed by atoms with Gasteiger partial charge in [-0.15, -0.1) is 0 Å². The summed E-state index contributed by atoms with van der Waals surface area (Å²) in [6.07, 6.45) is 1.39. The number of nitrogens with zero attached hydrogens (tertiary/aromatic N) is 1. The Morgan fingerprint density at radius 3 is 2.73 bits per heavy atom. The van der Waals surface area contributed by atoms with Crippen molar-refractivity contribution in [2.45, 2.75) is 45.3 Å². The van der Waals surface area contributed by atoms with E-state index in [9.17, 15) is 9.90 Å². The smallest absolute Gasteiger partial charge is 0.236 e. The summed E-state index contributed by atoms with van der Waals surface area (Å²) in [5, 5.41) is 12.6. The van der Waals surface area contributed by atoms with Crippen molar-refractivity contribution in [1.82, 2.24) is 10.2 Å². The number of amides is 1. The highest BCUT2D eigenvalue weighted by molar-refractivity contribution is 5.78. The fourth-order valence-electron chi connectivity index (χ4n) is 1.63. The predicted octanol–water partition coefficient (Wildman–Crippen LogP) is 0.358. The number of carbonyl (C=O) groups excluding carboxylic acids is 1. The van der Waals surface area contributed by atoms with Crippen LogP contribution in [0.25, 0.3) is 0 Å². The van der Waals surface area contributed by atoms with E-state index >= 15 is 0 Å². The second-order valence-corrected chi connectivity index (χ2v) is 5.24. The highest BCUT2D eigenvalue weighted by atomic mass is 16.3. The van der Waals surface area contributed by atoms with Gasteiger partial charge in [-0.1, -0.05) is 0 Å². The summed E-state index contributed by atoms with van der Waals surface area (Å²) in [7, 11) is 0. The van der Waals surface area contributed by atoms with Crippen LogP contribution in [0.1, 0.15) is 33.6 Å². The molecule has 0 aliphatic carbocycles. The minimum atomic E-state index is -0.336. The van der Waals surface area contributed by atoms with Crippen molar-refractivity contribution in [2.75, 3.05) is 19.6 Å². The molecule has 0 spiro atoms. The zero-order valence-corrected chi connectivity index (χ0v) is 9.92. The summed E-state index contributed by atoms with van der Waals surface area (Å²) in [4.78, 5) is 13.5. The Labute approximate surface area is 91.6 Å². The number of β-amino-alcohol motifs (C(OH)–C–C–N with tert-alkyl or cyclic N) is 1. The van der Waals surface area contributed by atoms with Crippen LogP contribution >= 0.6 is 0 Å². The van der Waals surface area contributed by atoms with Crippen molar-refractivity contribution in [3.8, 4) is 0 Å². The van der Waals surface area contributed by atoms with Crippen LogP contribution in [0, 0.1) is 0 Å². The van der Waals surface area contributed by atoms with E-state index in [2.05, 4.69) is 5.32 Å². The molecule has 1 atom stereocenters. The number of aliphatic hydroxyl groups is 1. The van der Waals surface area contributed by atoms with E-state index in [1.807, 2.05) is 20.8 Å². The molecule has 0 aromatic rings. The van der Waals surface area contributed by atoms with Crippen molar-refractivity contribution in [3.05, 3.63) is 0 Å². The van der Waals surface area contributed by atoms with Crippen LogP contribution in [0.5, 0.6) is 0 Å². The number of rotatable bonds is 2. The maximum atomic E-state index is 11.7. The van der Waals surface area contributed by atoms with Gasteiger partial charge in [-0.3, -0.25) is 4.79 Å². The summed E-state index contributed by atoms with van der Waals surface area (Å²) in [6.45, 7) is 7.73. The lowest BCUT2D eigenvalue weighted by molar-refractivity contribution is -0.133. The summed E-state index contributed by atoms with van der Waals surface area (Å²) >= 11 is 0. The summed E-state index contributed by atoms with van der Waals surface area (Å²) in [5.74, 6) is 0.0867. The first-order chi connectivity index (χ1) is 6.88. The van der Waals surface area contributed by atoms with Crippen LogP contribution in [0.2, 0.25) is 0 Å². The topological polar surface area (TPSA) is 52.6 Å². The average Bonchev–Trinajstić information content (AvgIpc) is 2.13. The zero-order chi connectivity index (χ0) is 11.5. The van der Waals surface area contributed by atoms with Crippen molar-refractivity contribution in [1.29, 1.82) is 0 Å². The monoisotopic (exact) mass is 214 g/mol. The van der Waals surface area contributed by atoms with Crippen LogP contribution in [0.4, 0.5) is 0 Å². The summed E-state index contributed by atoms with van der Waals surface area (Å²) in [5.41, 5.74) is -0.0376. The molecule has 1 aliphatic rings. The Balaban J connectivity index is 2.33. The number of carbonyl (C=O) groups is 1. The van der Waals surface area contributed by atoms with Gasteiger partial charge in [-0.2, -0.15) is 0 Å². The number of nitrogens with one attached hydrogen (secondary N) is 1. The van der Waals surface area contributed by atoms with Crippen molar-refractivity contribution < 1.29 is 9.90 Å². The molecular weight excluding hydrogens is 192 g/mol. The molecule has 2 N–H and O–H groups in total. The first kappa shape index (κ1) is 12.5. The second kappa shape index (κ2) is 4.94. The van der Waals surface area contributed by atoms with Crippen LogP contribution in [-0.2, 0) is 4.79 Å². The number of likely N-dealkylation sites (tertiary alicyclic amines) is 1. The lowest BCUT2D eigenvalue weighted by Gasteiger charge is -2.31. The quantitative estimate of drug-likeness (QED) is 0.698. The van der Waals surface area contributed by atoms with Crippen LogP contribution in [0.3, 0.4) is 0 Å². The largest absolute Gasteiger partial charge is 0.391 e. The lowest BCUT2D eigenvalue weighted by Crippen LogP contribution is -2.48. The maximum absolute atomic E-state index is 11.7. The highest BCUT2D eigenvalue weighted by Crippen LogP contribution is 2.09. The van der Waals surface area contributed by atoms with Gasteiger partial charge in [0.05, 0.1) is 12.6 Å². The Kier molecular flexibility index (Phi) is 4.11. The first-order valence-electron chi connectivity index (χ1n) is 5.59. The molecule has 15 heavy (non-hydrogen) atoms. The van der Waals surface area contributed by atoms with Gasteiger partial charge in [0.25, 0.3) is 0 Å². The molecule has 1 fully saturated rings. The molecular formula is C11H22N2O2. The summed E-state index contributed by atoms with van der Waals surface area (Å²) < 4.78 is 0. The Bertz CT molecular complexity index is 223. The first-order valence-corrected chi connectivity index (χ1v) is 5.59. The van der Waals surface area contributed by atoms with Gasteiger partial charge in [0, 0.05) is 18.6 Å². The van der Waals surface area contributed by atoms with Crippen molar-refractivity contribution >= 4 is 5.91 Å². The molecule has 0 radical (unpaired) electrons. The molecule has 1 aliphatic heterocycles. The van der Waals surface area contributed by atoms with Crippen LogP contribution in [-0.4, -0.2) is 47.2 Å². The second-order valence-electron chi connectivity index (χ2n) is 5.24. The van der Waals surface area contributed by atoms with Gasteiger partial charge in [-0.05, 0) is 33.6 Å². The van der Waals surface area contributed by atoms with Gasteiger partial charge in [0.1, 0.15) is 0 Å². The molecule has 0 saturated carbocycles. The van der Waals surface area contributed by atoms with E-state index in [0.29, 0.717) is 13.1 Å². The summed E-state index contributed by atoms with van der Waals surface area (Å²) in [6, 6.07) is 0. The fourth-order valence-corrected chi connectivity index (χ4v) is 1.63. The average molecular weight is 214 g/mol. The van der Waals surface area contributed by atoms with E-state index in [0.717, 1.165) is 19.4 Å². The lowest BCUT2D eigenvalue weighted by atomic mass is 10.1. The fraction of sp³-hybridized carbons (Fsp3) is 0.909. The molecule has 1 unspecified atom stereocenters. The molecule has 1 rings (SSSR count). The van der Waals surface area contributed by atoms with Crippen LogP contribution < -0.4 is 5.32 Å². The number of hydrogen-bond donors (Lipinski definition) is 2. The van der Waals surface area contributed by atoms with Gasteiger partial charge >= 0.3 is 0 Å². The van der Waals surface area contributed by atoms with E-state index in [1.165, 1.54) is 0 Å². The number of piperidine rings is 1. The molecule has 0 aromatic carbocycles. The van der Waals surface area contributed by atoms with E-state index in [4.69, 9.17) is 0 Å². The number of hydrogen-bond acceptors (Lipinski definition) is 3. The van der Waals surface area contributed by atoms with Crippen molar-refractivity contribution in [3.63, 3.8) is 0 Å². The van der Waals surface area contributed by atoms with Gasteiger partial charge < -0.3 is 15.3 Å². The molecule has 1 amide bonds. The third kappa shape index (κ3) is 4.62. The molecule has 1 saturated heterocycles. The zero-order valence-electron chi connectivity index (χ0n) is 9.92. The van der Waals surface area contributed by atoms with Gasteiger partial charge in [0.15, 0.2) is 0 Å². The van der Waals surface area contributed by atoms with E-state index in [-0.39, 0.29) is 17.6 Å². The molecule has 0 aromatic heterocycles. The Hall–Kier alpha value is -0.610. The standard InChI is InChI=1S/C11H22N2O2/c1-11(2,3)12-7-10(15)13-6-4-5-9(14)8-13/h9,12,14H,4-8H2,1-3H3. The predicted molar refractivity (Wildman–Crippen MR) is 59.6 cm³/mol. The van der Waals surface area contributed by atoms with Crippen LogP contribution in [0.15, 0.2) is 0 Å². The third-order valence-electron chi connectivity index (χ3n) is 2.52. The minimum absolute atomic E-state index is 0.0376. The minimum Gasteiger partial charge on any atom is -0.391 e. The normalized spacial score (nSPS) is 22.9. The highest BCUT2D eigenvalue weighted by Gasteiger charge is 2.22. The Morgan fingerprint density at radius 2 is 2.20 bits per heavy atom. The molecule has 0 bridgehead atoms.